The third kappa shape index (κ3) is 4.43. The van der Waals surface area contributed by atoms with Crippen molar-refractivity contribution in [3.8, 4) is 0 Å². The lowest BCUT2D eigenvalue weighted by Gasteiger charge is -2.35. The van der Waals surface area contributed by atoms with Crippen molar-refractivity contribution in [2.24, 2.45) is 5.11 Å². The number of nitrogens with zero attached hydrogens (tertiary/aromatic N) is 6. The van der Waals surface area contributed by atoms with E-state index in [0.717, 1.165) is 51.4 Å². The second-order valence-corrected chi connectivity index (χ2v) is 4.68. The van der Waals surface area contributed by atoms with E-state index < -0.39 is 0 Å². The maximum absolute atomic E-state index is 8.19. The van der Waals surface area contributed by atoms with E-state index in [9.17, 15) is 0 Å². The number of hydrogen-bond donors (Lipinski definition) is 0. The maximum Gasteiger partial charge on any atom is 0.128 e. The van der Waals surface area contributed by atoms with E-state index >= 15 is 0 Å². The summed E-state index contributed by atoms with van der Waals surface area (Å²) in [7, 11) is 0. The van der Waals surface area contributed by atoms with Crippen LogP contribution >= 0.6 is 0 Å². The van der Waals surface area contributed by atoms with Crippen molar-refractivity contribution < 1.29 is 0 Å². The largest absolute Gasteiger partial charge is 0.354 e. The molecule has 0 atom stereocenters. The SMILES string of the molecule is [N-]=[N+]=NCCCCN1CCN(c2ccccn2)CC1. The van der Waals surface area contributed by atoms with Crippen LogP contribution in [0.25, 0.3) is 10.4 Å². The minimum atomic E-state index is 0.615. The monoisotopic (exact) mass is 260 g/mol. The third-order valence-corrected chi connectivity index (χ3v) is 3.39. The van der Waals surface area contributed by atoms with Gasteiger partial charge in [-0.15, -0.1) is 0 Å². The predicted molar refractivity (Wildman–Crippen MR) is 76.1 cm³/mol. The first kappa shape index (κ1) is 13.6. The number of pyridine rings is 1. The van der Waals surface area contributed by atoms with E-state index in [1.165, 1.54) is 0 Å². The predicted octanol–water partition coefficient (Wildman–Crippen LogP) is 2.29. The Morgan fingerprint density at radius 3 is 2.74 bits per heavy atom. The molecule has 0 unspecified atom stereocenters. The molecule has 2 rings (SSSR count). The summed E-state index contributed by atoms with van der Waals surface area (Å²) in [5.74, 6) is 1.07. The molecular formula is C13H20N6. The zero-order valence-electron chi connectivity index (χ0n) is 11.1. The molecule has 1 saturated heterocycles. The summed E-state index contributed by atoms with van der Waals surface area (Å²) in [5.41, 5.74) is 8.19. The van der Waals surface area contributed by atoms with Gasteiger partial charge in [-0.25, -0.2) is 4.98 Å². The van der Waals surface area contributed by atoms with Crippen LogP contribution in [-0.2, 0) is 0 Å². The number of piperazine rings is 1. The summed E-state index contributed by atoms with van der Waals surface area (Å²) in [6.45, 7) is 5.94. The molecule has 0 aromatic carbocycles. The van der Waals surface area contributed by atoms with Crippen LogP contribution in [0.1, 0.15) is 12.8 Å². The molecule has 0 spiro atoms. The van der Waals surface area contributed by atoms with Crippen LogP contribution in [0.3, 0.4) is 0 Å². The molecule has 1 aromatic rings. The molecule has 2 heterocycles. The van der Waals surface area contributed by atoms with Gasteiger partial charge in [-0.1, -0.05) is 11.2 Å². The number of azide groups is 1. The van der Waals surface area contributed by atoms with Crippen LogP contribution in [0, 0.1) is 0 Å². The van der Waals surface area contributed by atoms with E-state index in [1.807, 2.05) is 18.3 Å². The van der Waals surface area contributed by atoms with Gasteiger partial charge in [0.1, 0.15) is 5.82 Å². The Hall–Kier alpha value is -1.78. The van der Waals surface area contributed by atoms with Gasteiger partial charge in [0.2, 0.25) is 0 Å². The molecule has 1 aromatic heterocycles. The molecule has 0 N–H and O–H groups in total. The fourth-order valence-electron chi connectivity index (χ4n) is 2.30. The number of anilines is 1. The molecule has 0 amide bonds. The number of aromatic nitrogens is 1. The Morgan fingerprint density at radius 1 is 1.21 bits per heavy atom. The molecule has 0 saturated carbocycles. The smallest absolute Gasteiger partial charge is 0.128 e. The van der Waals surface area contributed by atoms with Crippen molar-refractivity contribution >= 4 is 5.82 Å². The van der Waals surface area contributed by atoms with Crippen molar-refractivity contribution in [2.45, 2.75) is 12.8 Å². The number of unbranched alkanes of at least 4 members (excludes halogenated alkanes) is 1. The highest BCUT2D eigenvalue weighted by Crippen LogP contribution is 2.12. The van der Waals surface area contributed by atoms with E-state index in [4.69, 9.17) is 5.53 Å². The second kappa shape index (κ2) is 7.61. The summed E-state index contributed by atoms with van der Waals surface area (Å²) in [5, 5.41) is 3.55. The minimum Gasteiger partial charge on any atom is -0.354 e. The van der Waals surface area contributed by atoms with E-state index in [-0.39, 0.29) is 0 Å². The topological polar surface area (TPSA) is 68.1 Å². The quantitative estimate of drug-likeness (QED) is 0.341. The summed E-state index contributed by atoms with van der Waals surface area (Å²) >= 11 is 0. The minimum absolute atomic E-state index is 0.615. The van der Waals surface area contributed by atoms with Gasteiger partial charge in [-0.3, -0.25) is 4.90 Å². The van der Waals surface area contributed by atoms with Crippen molar-refractivity contribution in [2.75, 3.05) is 44.2 Å². The van der Waals surface area contributed by atoms with Crippen LogP contribution in [0.2, 0.25) is 0 Å². The lowest BCUT2D eigenvalue weighted by molar-refractivity contribution is 0.253. The Kier molecular flexibility index (Phi) is 5.47. The van der Waals surface area contributed by atoms with E-state index in [0.29, 0.717) is 6.54 Å². The standard InChI is InChI=1S/C13H20N6/c14-17-16-7-3-4-8-18-9-11-19(12-10-18)13-5-1-2-6-15-13/h1-2,5-6H,3-4,7-12H2. The molecule has 102 valence electrons. The molecule has 0 aliphatic carbocycles. The van der Waals surface area contributed by atoms with Gasteiger partial charge in [0.15, 0.2) is 0 Å². The average molecular weight is 260 g/mol. The Balaban J connectivity index is 1.66. The average Bonchev–Trinajstić information content (AvgIpc) is 2.49. The number of rotatable bonds is 6. The zero-order valence-corrected chi connectivity index (χ0v) is 11.1. The molecule has 0 bridgehead atoms. The van der Waals surface area contributed by atoms with Gasteiger partial charge in [0.25, 0.3) is 0 Å². The van der Waals surface area contributed by atoms with Crippen molar-refractivity contribution in [3.63, 3.8) is 0 Å². The Morgan fingerprint density at radius 2 is 2.05 bits per heavy atom. The lowest BCUT2D eigenvalue weighted by atomic mass is 10.2. The molecule has 6 nitrogen and oxygen atoms in total. The third-order valence-electron chi connectivity index (χ3n) is 3.39. The molecule has 1 fully saturated rings. The van der Waals surface area contributed by atoms with Gasteiger partial charge in [0.05, 0.1) is 0 Å². The van der Waals surface area contributed by atoms with Gasteiger partial charge >= 0.3 is 0 Å². The highest BCUT2D eigenvalue weighted by Gasteiger charge is 2.16. The first-order valence-electron chi connectivity index (χ1n) is 6.79. The second-order valence-electron chi connectivity index (χ2n) is 4.68. The normalized spacial score (nSPS) is 16.1. The maximum atomic E-state index is 8.19. The number of hydrogen-bond acceptors (Lipinski definition) is 4. The van der Waals surface area contributed by atoms with E-state index in [2.05, 4.69) is 30.9 Å². The summed E-state index contributed by atoms with van der Waals surface area (Å²) in [6, 6.07) is 6.05. The van der Waals surface area contributed by atoms with Crippen molar-refractivity contribution in [3.05, 3.63) is 34.8 Å². The Labute approximate surface area is 113 Å². The van der Waals surface area contributed by atoms with Gasteiger partial charge in [0, 0.05) is 43.8 Å². The first-order valence-corrected chi connectivity index (χ1v) is 6.79. The molecule has 0 radical (unpaired) electrons. The van der Waals surface area contributed by atoms with Crippen LogP contribution in [-0.4, -0.2) is 49.2 Å². The van der Waals surface area contributed by atoms with Gasteiger partial charge in [-0.2, -0.15) is 0 Å². The van der Waals surface area contributed by atoms with Gasteiger partial charge < -0.3 is 4.90 Å². The lowest BCUT2D eigenvalue weighted by Crippen LogP contribution is -2.46. The zero-order chi connectivity index (χ0) is 13.3. The van der Waals surface area contributed by atoms with Crippen molar-refractivity contribution in [1.82, 2.24) is 9.88 Å². The summed E-state index contributed by atoms with van der Waals surface area (Å²) in [6.07, 6.45) is 3.92. The molecular weight excluding hydrogens is 240 g/mol. The highest BCUT2D eigenvalue weighted by atomic mass is 15.3. The summed E-state index contributed by atoms with van der Waals surface area (Å²) < 4.78 is 0. The van der Waals surface area contributed by atoms with Crippen LogP contribution < -0.4 is 4.90 Å². The summed E-state index contributed by atoms with van der Waals surface area (Å²) in [4.78, 5) is 11.9. The first-order chi connectivity index (χ1) is 9.40. The molecule has 6 heteroatoms. The highest BCUT2D eigenvalue weighted by molar-refractivity contribution is 5.38. The van der Waals surface area contributed by atoms with Crippen LogP contribution in [0.15, 0.2) is 29.5 Å². The fourth-order valence-corrected chi connectivity index (χ4v) is 2.30. The Bertz CT molecular complexity index is 406. The van der Waals surface area contributed by atoms with Gasteiger partial charge in [-0.05, 0) is 37.1 Å². The van der Waals surface area contributed by atoms with Crippen LogP contribution in [0.4, 0.5) is 5.82 Å². The van der Waals surface area contributed by atoms with Crippen molar-refractivity contribution in [1.29, 1.82) is 0 Å². The fraction of sp³-hybridized carbons (Fsp3) is 0.615. The van der Waals surface area contributed by atoms with E-state index in [1.54, 1.807) is 0 Å². The molecule has 19 heavy (non-hydrogen) atoms. The van der Waals surface area contributed by atoms with Crippen LogP contribution in [0.5, 0.6) is 0 Å². The molecule has 1 aliphatic rings. The molecule has 1 aliphatic heterocycles.